The smallest absolute Gasteiger partial charge is 0.355 e. The van der Waals surface area contributed by atoms with Crippen LogP contribution in [0.1, 0.15) is 94.9 Å². The van der Waals surface area contributed by atoms with E-state index in [1.807, 2.05) is 32.4 Å². The first-order valence-corrected chi connectivity index (χ1v) is 16.4. The molecule has 2 aromatic heterocycles. The lowest BCUT2D eigenvalue weighted by molar-refractivity contribution is -0.249. The molecule has 0 spiro atoms. The van der Waals surface area contributed by atoms with Crippen LogP contribution in [0.4, 0.5) is 0 Å². The molecule has 1 N–H and O–H groups in total. The Kier molecular flexibility index (Phi) is 7.25. The first-order chi connectivity index (χ1) is 18.8. The first-order valence-electron chi connectivity index (χ1n) is 14.2. The number of carboxylic acids is 1. The number of aromatic nitrogens is 3. The predicted molar refractivity (Wildman–Crippen MR) is 157 cm³/mol. The molecule has 4 saturated carbocycles. The summed E-state index contributed by atoms with van der Waals surface area (Å²) in [5.74, 6) is -1.12. The zero-order valence-electron chi connectivity index (χ0n) is 25.1. The second kappa shape index (κ2) is 9.76. The fourth-order valence-electron chi connectivity index (χ4n) is 9.30. The second-order valence-corrected chi connectivity index (χ2v) is 16.8. The van der Waals surface area contributed by atoms with Crippen molar-refractivity contribution in [2.75, 3.05) is 19.5 Å². The molecule has 4 aliphatic rings. The molecule has 2 aromatic rings. The lowest BCUT2D eigenvalue weighted by Gasteiger charge is -2.69. The van der Waals surface area contributed by atoms with E-state index in [9.17, 15) is 18.3 Å². The fourth-order valence-corrected chi connectivity index (χ4v) is 9.86. The van der Waals surface area contributed by atoms with Crippen LogP contribution in [-0.2, 0) is 31.0 Å². The Morgan fingerprint density at radius 1 is 1.10 bits per heavy atom. The molecule has 2 heterocycles. The molecular formula is C30H42ClN3O6S. The summed E-state index contributed by atoms with van der Waals surface area (Å²) in [7, 11) is -3.52. The number of nitrogens with zero attached hydrogens (tertiary/aromatic N) is 3. The number of rotatable bonds is 9. The zero-order valence-corrected chi connectivity index (χ0v) is 26.7. The molecule has 9 nitrogen and oxygen atoms in total. The van der Waals surface area contributed by atoms with Crippen molar-refractivity contribution < 1.29 is 27.2 Å². The minimum Gasteiger partial charge on any atom is -0.476 e. The lowest BCUT2D eigenvalue weighted by atomic mass is 9.39. The molecular weight excluding hydrogens is 566 g/mol. The summed E-state index contributed by atoms with van der Waals surface area (Å²) < 4.78 is 36.5. The Balaban J connectivity index is 1.49. The van der Waals surface area contributed by atoms with Crippen LogP contribution in [0.3, 0.4) is 0 Å². The van der Waals surface area contributed by atoms with Crippen LogP contribution in [0.25, 0.3) is 11.1 Å². The zero-order chi connectivity index (χ0) is 30.2. The Morgan fingerprint density at radius 3 is 2.29 bits per heavy atom. The van der Waals surface area contributed by atoms with E-state index in [0.717, 1.165) is 61.6 Å². The van der Waals surface area contributed by atoms with E-state index in [0.29, 0.717) is 12.1 Å². The molecule has 11 heteroatoms. The predicted octanol–water partition coefficient (Wildman–Crippen LogP) is 6.01. The number of ether oxygens (including phenoxy) is 1. The molecule has 4 fully saturated rings. The van der Waals surface area contributed by atoms with Gasteiger partial charge in [0.15, 0.2) is 5.69 Å². The van der Waals surface area contributed by atoms with Crippen molar-refractivity contribution in [1.29, 1.82) is 0 Å². The van der Waals surface area contributed by atoms with Gasteiger partial charge in [-0.1, -0.05) is 46.2 Å². The van der Waals surface area contributed by atoms with Gasteiger partial charge in [-0.2, -0.15) is 13.5 Å². The highest BCUT2D eigenvalue weighted by Crippen LogP contribution is 2.72. The molecule has 0 aromatic carbocycles. The van der Waals surface area contributed by atoms with E-state index in [1.54, 1.807) is 12.3 Å². The van der Waals surface area contributed by atoms with Crippen LogP contribution in [0.5, 0.6) is 0 Å². The van der Waals surface area contributed by atoms with Gasteiger partial charge < -0.3 is 9.84 Å². The van der Waals surface area contributed by atoms with Crippen molar-refractivity contribution in [1.82, 2.24) is 14.8 Å². The minimum absolute atomic E-state index is 0.0137. The Hall–Kier alpha value is -2.01. The van der Waals surface area contributed by atoms with E-state index in [4.69, 9.17) is 25.6 Å². The molecule has 0 saturated heterocycles. The highest BCUT2D eigenvalue weighted by atomic mass is 35.5. The van der Waals surface area contributed by atoms with E-state index in [2.05, 4.69) is 18.8 Å². The molecule has 6 rings (SSSR count). The van der Waals surface area contributed by atoms with Gasteiger partial charge >= 0.3 is 5.97 Å². The lowest BCUT2D eigenvalue weighted by Crippen LogP contribution is -2.64. The Morgan fingerprint density at radius 2 is 1.73 bits per heavy atom. The van der Waals surface area contributed by atoms with Crippen LogP contribution >= 0.6 is 11.6 Å². The summed E-state index contributed by atoms with van der Waals surface area (Å²) in [5.41, 5.74) is 2.43. The average molecular weight is 608 g/mol. The second-order valence-electron chi connectivity index (χ2n) is 14.8. The van der Waals surface area contributed by atoms with Crippen molar-refractivity contribution >= 4 is 27.7 Å². The largest absolute Gasteiger partial charge is 0.476 e. The van der Waals surface area contributed by atoms with E-state index in [-0.39, 0.29) is 51.3 Å². The number of aromatic carboxylic acids is 1. The van der Waals surface area contributed by atoms with Gasteiger partial charge in [0.25, 0.3) is 10.1 Å². The van der Waals surface area contributed by atoms with Crippen LogP contribution in [0.2, 0.25) is 5.15 Å². The number of carboxylic acid groups (broad SMARTS) is 1. The van der Waals surface area contributed by atoms with Gasteiger partial charge in [0, 0.05) is 23.4 Å². The Labute approximate surface area is 248 Å². The molecule has 0 radical (unpaired) electrons. The number of pyridine rings is 1. The minimum atomic E-state index is -3.52. The van der Waals surface area contributed by atoms with Gasteiger partial charge in [-0.25, -0.2) is 9.78 Å². The SMILES string of the molecule is Cc1c(-c2c(C(C)(C)C)cc(Cl)nc2C(=O)O)cnn1CC12CC3(C)CC(C)(C1)CC(OCCOS(C)(=O)=O)(C3)C2. The molecule has 0 amide bonds. The number of hydrogen-bond acceptors (Lipinski definition) is 7. The van der Waals surface area contributed by atoms with Gasteiger partial charge in [0.2, 0.25) is 0 Å². The molecule has 0 aliphatic heterocycles. The van der Waals surface area contributed by atoms with Crippen LogP contribution in [0.15, 0.2) is 12.3 Å². The molecule has 2 unspecified atom stereocenters. The van der Waals surface area contributed by atoms with Crippen LogP contribution < -0.4 is 0 Å². The molecule has 4 bridgehead atoms. The fraction of sp³-hybridized carbons (Fsp3) is 0.700. The third-order valence-corrected chi connectivity index (χ3v) is 10.1. The van der Waals surface area contributed by atoms with Crippen molar-refractivity contribution in [3.8, 4) is 11.1 Å². The van der Waals surface area contributed by atoms with Gasteiger partial charge in [-0.05, 0) is 78.7 Å². The summed E-state index contributed by atoms with van der Waals surface area (Å²) in [6, 6.07) is 1.76. The topological polar surface area (TPSA) is 121 Å². The van der Waals surface area contributed by atoms with Gasteiger partial charge in [-0.15, -0.1) is 0 Å². The van der Waals surface area contributed by atoms with E-state index < -0.39 is 16.1 Å². The maximum absolute atomic E-state index is 12.3. The standard InChI is InChI=1S/C30H42ClN3O6S/c1-19-20(23-21(26(2,3)4)10-22(31)33-24(23)25(35)36)11-32-34(19)18-29-13-27(5)12-28(6,14-29)16-30(15-27,17-29)39-8-9-40-41(7,37)38/h10-11H,8-9,12-18H2,1-7H3,(H,35,36). The van der Waals surface area contributed by atoms with Crippen molar-refractivity contribution in [3.05, 3.63) is 34.4 Å². The molecule has 2 atom stereocenters. The summed E-state index contributed by atoms with van der Waals surface area (Å²) in [4.78, 5) is 16.5. The normalized spacial score (nSPS) is 31.1. The van der Waals surface area contributed by atoms with Crippen molar-refractivity contribution in [2.45, 2.75) is 97.6 Å². The molecule has 41 heavy (non-hydrogen) atoms. The summed E-state index contributed by atoms with van der Waals surface area (Å²) in [5, 5.41) is 15.0. The summed E-state index contributed by atoms with van der Waals surface area (Å²) in [6.07, 6.45) is 8.86. The first kappa shape index (κ1) is 30.4. The number of carbonyl (C=O) groups is 1. The highest BCUT2D eigenvalue weighted by molar-refractivity contribution is 7.85. The van der Waals surface area contributed by atoms with E-state index >= 15 is 0 Å². The summed E-state index contributed by atoms with van der Waals surface area (Å²) in [6.45, 7) is 13.8. The number of hydrogen-bond donors (Lipinski definition) is 1. The van der Waals surface area contributed by atoms with Gasteiger partial charge in [0.05, 0.1) is 31.3 Å². The summed E-state index contributed by atoms with van der Waals surface area (Å²) >= 11 is 6.27. The van der Waals surface area contributed by atoms with Gasteiger partial charge in [0.1, 0.15) is 5.15 Å². The van der Waals surface area contributed by atoms with Crippen molar-refractivity contribution in [3.63, 3.8) is 0 Å². The van der Waals surface area contributed by atoms with Crippen molar-refractivity contribution in [2.24, 2.45) is 16.2 Å². The average Bonchev–Trinajstić information content (AvgIpc) is 3.11. The number of halogens is 1. The highest BCUT2D eigenvalue weighted by Gasteiger charge is 2.66. The monoisotopic (exact) mass is 607 g/mol. The van der Waals surface area contributed by atoms with Crippen LogP contribution in [0, 0.1) is 23.2 Å². The third kappa shape index (κ3) is 5.94. The Bertz CT molecular complexity index is 1480. The maximum atomic E-state index is 12.3. The molecule has 226 valence electrons. The maximum Gasteiger partial charge on any atom is 0.355 e. The van der Waals surface area contributed by atoms with Gasteiger partial charge in [-0.3, -0.25) is 8.86 Å². The molecule has 4 aliphatic carbocycles. The third-order valence-electron chi connectivity index (χ3n) is 9.30. The van der Waals surface area contributed by atoms with E-state index in [1.165, 1.54) is 0 Å². The quantitative estimate of drug-likeness (QED) is 0.209. The van der Waals surface area contributed by atoms with Crippen LogP contribution in [-0.4, -0.2) is 59.3 Å².